The summed E-state index contributed by atoms with van der Waals surface area (Å²) in [7, 11) is 1.61. The van der Waals surface area contributed by atoms with Crippen molar-refractivity contribution >= 4 is 11.8 Å². The summed E-state index contributed by atoms with van der Waals surface area (Å²) >= 11 is 0. The SMILES string of the molecule is COc1cccc(CN(C(=O)CCCOc2ccccc2)[C@H](Cc2ccccc2)C(=O)NC(C)C)c1. The van der Waals surface area contributed by atoms with E-state index in [1.165, 1.54) is 0 Å². The molecular weight excluding hydrogens is 452 g/mol. The second-order valence-corrected chi connectivity index (χ2v) is 9.01. The lowest BCUT2D eigenvalue weighted by molar-refractivity contribution is -0.141. The second kappa shape index (κ2) is 13.9. The molecule has 3 aromatic rings. The molecule has 0 aromatic heterocycles. The molecule has 6 nitrogen and oxygen atoms in total. The Morgan fingerprint density at radius 2 is 1.50 bits per heavy atom. The Bertz CT molecular complexity index is 1090. The third-order valence-corrected chi connectivity index (χ3v) is 5.74. The molecule has 0 saturated heterocycles. The van der Waals surface area contributed by atoms with E-state index in [0.717, 1.165) is 16.9 Å². The Hall–Kier alpha value is -3.80. The first-order chi connectivity index (χ1) is 17.5. The van der Waals surface area contributed by atoms with Crippen LogP contribution in [0, 0.1) is 0 Å². The minimum absolute atomic E-state index is 0.0381. The van der Waals surface area contributed by atoms with Crippen LogP contribution in [0.5, 0.6) is 11.5 Å². The van der Waals surface area contributed by atoms with Crippen molar-refractivity contribution in [2.75, 3.05) is 13.7 Å². The molecule has 0 radical (unpaired) electrons. The minimum atomic E-state index is -0.649. The van der Waals surface area contributed by atoms with Gasteiger partial charge in [0.25, 0.3) is 0 Å². The number of hydrogen-bond acceptors (Lipinski definition) is 4. The molecule has 6 heteroatoms. The zero-order valence-electron chi connectivity index (χ0n) is 21.4. The third kappa shape index (κ3) is 8.45. The summed E-state index contributed by atoms with van der Waals surface area (Å²) in [4.78, 5) is 28.7. The van der Waals surface area contributed by atoms with Crippen molar-refractivity contribution in [2.24, 2.45) is 0 Å². The number of para-hydroxylation sites is 1. The van der Waals surface area contributed by atoms with Gasteiger partial charge in [0.05, 0.1) is 13.7 Å². The summed E-state index contributed by atoms with van der Waals surface area (Å²) in [5, 5.41) is 3.01. The number of rotatable bonds is 13. The normalized spacial score (nSPS) is 11.6. The number of benzene rings is 3. The summed E-state index contributed by atoms with van der Waals surface area (Å²) in [6, 6.07) is 26.3. The summed E-state index contributed by atoms with van der Waals surface area (Å²) in [6.07, 6.45) is 1.25. The Kier molecular flexibility index (Phi) is 10.4. The molecule has 190 valence electrons. The molecule has 0 unspecified atom stereocenters. The smallest absolute Gasteiger partial charge is 0.243 e. The number of methoxy groups -OCH3 is 1. The highest BCUT2D eigenvalue weighted by molar-refractivity contribution is 5.88. The topological polar surface area (TPSA) is 67.9 Å². The highest BCUT2D eigenvalue weighted by atomic mass is 16.5. The first kappa shape index (κ1) is 26.8. The summed E-state index contributed by atoms with van der Waals surface area (Å²) in [5.74, 6) is 1.24. The zero-order chi connectivity index (χ0) is 25.8. The molecule has 3 aromatic carbocycles. The molecule has 3 rings (SSSR count). The van der Waals surface area contributed by atoms with Crippen LogP contribution in [0.1, 0.15) is 37.8 Å². The van der Waals surface area contributed by atoms with Crippen LogP contribution in [-0.2, 0) is 22.6 Å². The van der Waals surface area contributed by atoms with Crippen molar-refractivity contribution in [3.63, 3.8) is 0 Å². The van der Waals surface area contributed by atoms with Gasteiger partial charge in [0.1, 0.15) is 17.5 Å². The number of nitrogens with zero attached hydrogens (tertiary/aromatic N) is 1. The van der Waals surface area contributed by atoms with Crippen molar-refractivity contribution < 1.29 is 19.1 Å². The molecule has 0 fully saturated rings. The number of carbonyl (C=O) groups excluding carboxylic acids is 2. The van der Waals surface area contributed by atoms with Gasteiger partial charge in [-0.05, 0) is 55.7 Å². The summed E-state index contributed by atoms with van der Waals surface area (Å²) < 4.78 is 11.1. The molecule has 0 saturated carbocycles. The molecule has 36 heavy (non-hydrogen) atoms. The van der Waals surface area contributed by atoms with Gasteiger partial charge in [0.2, 0.25) is 11.8 Å². The summed E-state index contributed by atoms with van der Waals surface area (Å²) in [5.41, 5.74) is 1.90. The van der Waals surface area contributed by atoms with Crippen LogP contribution < -0.4 is 14.8 Å². The number of ether oxygens (including phenoxy) is 2. The Balaban J connectivity index is 1.81. The largest absolute Gasteiger partial charge is 0.497 e. The quantitative estimate of drug-likeness (QED) is 0.343. The van der Waals surface area contributed by atoms with E-state index < -0.39 is 6.04 Å². The van der Waals surface area contributed by atoms with Gasteiger partial charge in [0.15, 0.2) is 0 Å². The molecule has 2 amide bonds. The Morgan fingerprint density at radius 1 is 0.861 bits per heavy atom. The van der Waals surface area contributed by atoms with Gasteiger partial charge in [-0.2, -0.15) is 0 Å². The van der Waals surface area contributed by atoms with Crippen molar-refractivity contribution in [1.82, 2.24) is 10.2 Å². The number of amides is 2. The van der Waals surface area contributed by atoms with E-state index in [0.29, 0.717) is 31.7 Å². The number of hydrogen-bond donors (Lipinski definition) is 1. The van der Waals surface area contributed by atoms with Gasteiger partial charge in [-0.15, -0.1) is 0 Å². The van der Waals surface area contributed by atoms with E-state index in [4.69, 9.17) is 9.47 Å². The van der Waals surface area contributed by atoms with Crippen LogP contribution in [0.3, 0.4) is 0 Å². The minimum Gasteiger partial charge on any atom is -0.497 e. The predicted molar refractivity (Wildman–Crippen MR) is 142 cm³/mol. The van der Waals surface area contributed by atoms with Crippen molar-refractivity contribution in [2.45, 2.75) is 51.7 Å². The Labute approximate surface area is 214 Å². The molecule has 0 aliphatic carbocycles. The fourth-order valence-corrected chi connectivity index (χ4v) is 3.98. The van der Waals surface area contributed by atoms with Gasteiger partial charge in [-0.25, -0.2) is 0 Å². The maximum Gasteiger partial charge on any atom is 0.243 e. The van der Waals surface area contributed by atoms with E-state index in [2.05, 4.69) is 5.32 Å². The van der Waals surface area contributed by atoms with Crippen LogP contribution in [0.4, 0.5) is 0 Å². The first-order valence-corrected chi connectivity index (χ1v) is 12.4. The third-order valence-electron chi connectivity index (χ3n) is 5.74. The van der Waals surface area contributed by atoms with Crippen molar-refractivity contribution in [1.29, 1.82) is 0 Å². The maximum absolute atomic E-state index is 13.6. The molecule has 0 aliphatic rings. The molecule has 1 N–H and O–H groups in total. The average Bonchev–Trinajstić information content (AvgIpc) is 2.89. The van der Waals surface area contributed by atoms with Crippen LogP contribution in [0.25, 0.3) is 0 Å². The maximum atomic E-state index is 13.6. The lowest BCUT2D eigenvalue weighted by Gasteiger charge is -2.32. The molecular formula is C30H36N2O4. The van der Waals surface area contributed by atoms with E-state index >= 15 is 0 Å². The Morgan fingerprint density at radius 3 is 2.17 bits per heavy atom. The monoisotopic (exact) mass is 488 g/mol. The van der Waals surface area contributed by atoms with Crippen molar-refractivity contribution in [3.8, 4) is 11.5 Å². The first-order valence-electron chi connectivity index (χ1n) is 12.4. The van der Waals surface area contributed by atoms with Crippen LogP contribution in [0.2, 0.25) is 0 Å². The highest BCUT2D eigenvalue weighted by Crippen LogP contribution is 2.20. The number of nitrogens with one attached hydrogen (secondary N) is 1. The van der Waals surface area contributed by atoms with E-state index in [9.17, 15) is 9.59 Å². The van der Waals surface area contributed by atoms with E-state index in [1.54, 1.807) is 12.0 Å². The standard InChI is InChI=1S/C30H36N2O4/c1-23(2)31-30(34)28(21-24-12-6-4-7-13-24)32(22-25-14-10-17-27(20-25)35-3)29(33)18-11-19-36-26-15-8-5-9-16-26/h4-10,12-17,20,23,28H,11,18-19,21-22H2,1-3H3,(H,31,34)/t28-/m1/s1. The van der Waals surface area contributed by atoms with Gasteiger partial charge >= 0.3 is 0 Å². The average molecular weight is 489 g/mol. The van der Waals surface area contributed by atoms with E-state index in [1.807, 2.05) is 98.8 Å². The van der Waals surface area contributed by atoms with Gasteiger partial charge in [-0.1, -0.05) is 60.7 Å². The molecule has 0 aliphatic heterocycles. The fraction of sp³-hybridized carbons (Fsp3) is 0.333. The second-order valence-electron chi connectivity index (χ2n) is 9.01. The lowest BCUT2D eigenvalue weighted by Crippen LogP contribution is -2.51. The van der Waals surface area contributed by atoms with Gasteiger partial charge in [0, 0.05) is 25.4 Å². The molecule has 0 heterocycles. The molecule has 0 bridgehead atoms. The van der Waals surface area contributed by atoms with Crippen molar-refractivity contribution in [3.05, 3.63) is 96.1 Å². The van der Waals surface area contributed by atoms with Gasteiger partial charge < -0.3 is 19.7 Å². The highest BCUT2D eigenvalue weighted by Gasteiger charge is 2.30. The fourth-order valence-electron chi connectivity index (χ4n) is 3.98. The van der Waals surface area contributed by atoms with Crippen LogP contribution >= 0.6 is 0 Å². The van der Waals surface area contributed by atoms with Gasteiger partial charge in [-0.3, -0.25) is 9.59 Å². The molecule has 1 atom stereocenters. The summed E-state index contributed by atoms with van der Waals surface area (Å²) in [6.45, 7) is 4.57. The lowest BCUT2D eigenvalue weighted by atomic mass is 10.0. The van der Waals surface area contributed by atoms with Crippen LogP contribution in [0.15, 0.2) is 84.9 Å². The van der Waals surface area contributed by atoms with E-state index in [-0.39, 0.29) is 24.3 Å². The molecule has 0 spiro atoms. The predicted octanol–water partition coefficient (Wildman–Crippen LogP) is 5.02. The number of carbonyl (C=O) groups is 2. The zero-order valence-corrected chi connectivity index (χ0v) is 21.4. The van der Waals surface area contributed by atoms with Crippen LogP contribution in [-0.4, -0.2) is 42.5 Å².